The van der Waals surface area contributed by atoms with Crippen molar-refractivity contribution >= 4 is 11.8 Å². The van der Waals surface area contributed by atoms with Gasteiger partial charge in [0, 0.05) is 30.4 Å². The minimum absolute atomic E-state index is 0.316. The normalized spacial score (nSPS) is 18.2. The summed E-state index contributed by atoms with van der Waals surface area (Å²) in [7, 11) is 0. The number of carboxylic acid groups (broad SMARTS) is 1. The summed E-state index contributed by atoms with van der Waals surface area (Å²) in [5, 5.41) is 9.23. The first kappa shape index (κ1) is 14.5. The van der Waals surface area contributed by atoms with Crippen LogP contribution < -0.4 is 4.90 Å². The lowest BCUT2D eigenvalue weighted by Crippen LogP contribution is -2.39. The smallest absolute Gasteiger partial charge is 0.308 e. The van der Waals surface area contributed by atoms with Crippen molar-refractivity contribution in [1.82, 2.24) is 9.97 Å². The van der Waals surface area contributed by atoms with Crippen LogP contribution in [0, 0.1) is 12.8 Å². The third kappa shape index (κ3) is 3.08. The number of hydrogen-bond donors (Lipinski definition) is 1. The molecule has 0 bridgehead atoms. The molecule has 0 amide bonds. The molecule has 0 radical (unpaired) electrons. The molecule has 0 aliphatic carbocycles. The van der Waals surface area contributed by atoms with E-state index >= 15 is 0 Å². The van der Waals surface area contributed by atoms with Gasteiger partial charge in [0.05, 0.1) is 5.92 Å². The maximum absolute atomic E-state index is 11.2. The molecule has 1 unspecified atom stereocenters. The molecule has 5 nitrogen and oxygen atoms in total. The lowest BCUT2D eigenvalue weighted by Gasteiger charge is -2.31. The Morgan fingerprint density at radius 1 is 1.27 bits per heavy atom. The van der Waals surface area contributed by atoms with Crippen molar-refractivity contribution < 1.29 is 9.90 Å². The van der Waals surface area contributed by atoms with Gasteiger partial charge in [0.1, 0.15) is 5.82 Å². The number of piperidine rings is 1. The van der Waals surface area contributed by atoms with Crippen LogP contribution in [0.1, 0.15) is 18.5 Å². The maximum atomic E-state index is 11.2. The van der Waals surface area contributed by atoms with E-state index < -0.39 is 5.97 Å². The Bertz CT molecular complexity index is 673. The Morgan fingerprint density at radius 3 is 2.77 bits per heavy atom. The van der Waals surface area contributed by atoms with Gasteiger partial charge in [0.2, 0.25) is 0 Å². The predicted molar refractivity (Wildman–Crippen MR) is 84.8 cm³/mol. The van der Waals surface area contributed by atoms with Crippen LogP contribution in [0.5, 0.6) is 0 Å². The predicted octanol–water partition coefficient (Wildman–Crippen LogP) is 2.75. The first-order valence-corrected chi connectivity index (χ1v) is 7.52. The number of benzene rings is 1. The van der Waals surface area contributed by atoms with Crippen LogP contribution in [0.15, 0.2) is 36.4 Å². The molecule has 1 atom stereocenters. The Morgan fingerprint density at radius 2 is 2.05 bits per heavy atom. The van der Waals surface area contributed by atoms with E-state index in [9.17, 15) is 9.90 Å². The number of carbonyl (C=O) groups is 1. The molecule has 0 spiro atoms. The molecule has 2 aromatic rings. The molecule has 3 rings (SSSR count). The second kappa shape index (κ2) is 6.13. The molecule has 1 aliphatic heterocycles. The summed E-state index contributed by atoms with van der Waals surface area (Å²) >= 11 is 0. The van der Waals surface area contributed by atoms with Gasteiger partial charge in [-0.05, 0) is 19.8 Å². The van der Waals surface area contributed by atoms with Gasteiger partial charge in [0.15, 0.2) is 5.82 Å². The maximum Gasteiger partial charge on any atom is 0.308 e. The van der Waals surface area contributed by atoms with Crippen LogP contribution in [0.2, 0.25) is 0 Å². The summed E-state index contributed by atoms with van der Waals surface area (Å²) in [6, 6.07) is 11.8. The summed E-state index contributed by atoms with van der Waals surface area (Å²) in [5.41, 5.74) is 1.86. The topological polar surface area (TPSA) is 66.3 Å². The fourth-order valence-electron chi connectivity index (χ4n) is 2.82. The highest BCUT2D eigenvalue weighted by Crippen LogP contribution is 2.24. The lowest BCUT2D eigenvalue weighted by atomic mass is 9.98. The summed E-state index contributed by atoms with van der Waals surface area (Å²) in [6.45, 7) is 3.30. The number of aromatic nitrogens is 2. The van der Waals surface area contributed by atoms with Gasteiger partial charge in [-0.15, -0.1) is 0 Å². The molecule has 1 aromatic carbocycles. The average Bonchev–Trinajstić information content (AvgIpc) is 2.55. The Kier molecular flexibility index (Phi) is 4.04. The number of hydrogen-bond acceptors (Lipinski definition) is 4. The van der Waals surface area contributed by atoms with Gasteiger partial charge in [-0.3, -0.25) is 4.79 Å². The summed E-state index contributed by atoms with van der Waals surface area (Å²) in [6.07, 6.45) is 1.61. The molecule has 22 heavy (non-hydrogen) atoms. The SMILES string of the molecule is Cc1cc(N2CCCC(C(=O)O)C2)nc(-c2ccccc2)n1. The zero-order chi connectivity index (χ0) is 15.5. The molecular formula is C17H19N3O2. The molecule has 1 saturated heterocycles. The second-order valence-electron chi connectivity index (χ2n) is 5.68. The second-order valence-corrected chi connectivity index (χ2v) is 5.68. The van der Waals surface area contributed by atoms with E-state index in [-0.39, 0.29) is 5.92 Å². The van der Waals surface area contributed by atoms with E-state index in [2.05, 4.69) is 14.9 Å². The van der Waals surface area contributed by atoms with Gasteiger partial charge in [-0.25, -0.2) is 9.97 Å². The average molecular weight is 297 g/mol. The summed E-state index contributed by atoms with van der Waals surface area (Å²) in [4.78, 5) is 22.4. The van der Waals surface area contributed by atoms with E-state index in [1.54, 1.807) is 0 Å². The van der Waals surface area contributed by atoms with Crippen molar-refractivity contribution in [2.24, 2.45) is 5.92 Å². The van der Waals surface area contributed by atoms with Crippen molar-refractivity contribution in [3.8, 4) is 11.4 Å². The van der Waals surface area contributed by atoms with E-state index in [0.29, 0.717) is 12.4 Å². The number of aliphatic carboxylic acids is 1. The minimum Gasteiger partial charge on any atom is -0.481 e. The third-order valence-electron chi connectivity index (χ3n) is 3.97. The van der Waals surface area contributed by atoms with Crippen LogP contribution in [0.4, 0.5) is 5.82 Å². The highest BCUT2D eigenvalue weighted by Gasteiger charge is 2.26. The van der Waals surface area contributed by atoms with E-state index in [1.165, 1.54) is 0 Å². The van der Waals surface area contributed by atoms with E-state index in [0.717, 1.165) is 36.5 Å². The van der Waals surface area contributed by atoms with Crippen LogP contribution in [-0.4, -0.2) is 34.1 Å². The highest BCUT2D eigenvalue weighted by molar-refractivity contribution is 5.71. The molecule has 1 aromatic heterocycles. The zero-order valence-corrected chi connectivity index (χ0v) is 12.6. The van der Waals surface area contributed by atoms with Crippen LogP contribution in [-0.2, 0) is 4.79 Å². The molecule has 0 saturated carbocycles. The molecule has 1 N–H and O–H groups in total. The van der Waals surface area contributed by atoms with E-state index in [1.807, 2.05) is 43.3 Å². The molecular weight excluding hydrogens is 278 g/mol. The molecule has 5 heteroatoms. The Labute approximate surface area is 129 Å². The summed E-state index contributed by atoms with van der Waals surface area (Å²) < 4.78 is 0. The van der Waals surface area contributed by atoms with Crippen molar-refractivity contribution in [1.29, 1.82) is 0 Å². The number of nitrogens with zero attached hydrogens (tertiary/aromatic N) is 3. The molecule has 114 valence electrons. The third-order valence-corrected chi connectivity index (χ3v) is 3.97. The minimum atomic E-state index is -0.723. The monoisotopic (exact) mass is 297 g/mol. The molecule has 1 fully saturated rings. The molecule has 2 heterocycles. The van der Waals surface area contributed by atoms with Crippen molar-refractivity contribution in [2.75, 3.05) is 18.0 Å². The van der Waals surface area contributed by atoms with Crippen molar-refractivity contribution in [3.05, 3.63) is 42.1 Å². The largest absolute Gasteiger partial charge is 0.481 e. The van der Waals surface area contributed by atoms with Crippen LogP contribution in [0.25, 0.3) is 11.4 Å². The first-order valence-electron chi connectivity index (χ1n) is 7.52. The van der Waals surface area contributed by atoms with Crippen LogP contribution in [0.3, 0.4) is 0 Å². The van der Waals surface area contributed by atoms with Gasteiger partial charge < -0.3 is 10.0 Å². The highest BCUT2D eigenvalue weighted by atomic mass is 16.4. The van der Waals surface area contributed by atoms with Gasteiger partial charge in [0.25, 0.3) is 0 Å². The Hall–Kier alpha value is -2.43. The van der Waals surface area contributed by atoms with E-state index in [4.69, 9.17) is 0 Å². The lowest BCUT2D eigenvalue weighted by molar-refractivity contribution is -0.141. The van der Waals surface area contributed by atoms with Crippen molar-refractivity contribution in [3.63, 3.8) is 0 Å². The number of carboxylic acids is 1. The van der Waals surface area contributed by atoms with Gasteiger partial charge in [-0.2, -0.15) is 0 Å². The quantitative estimate of drug-likeness (QED) is 0.943. The Balaban J connectivity index is 1.91. The van der Waals surface area contributed by atoms with Crippen molar-refractivity contribution in [2.45, 2.75) is 19.8 Å². The van der Waals surface area contributed by atoms with Crippen LogP contribution >= 0.6 is 0 Å². The standard InChI is InChI=1S/C17H19N3O2/c1-12-10-15(20-9-5-8-14(11-20)17(21)22)19-16(18-12)13-6-3-2-4-7-13/h2-4,6-7,10,14H,5,8-9,11H2,1H3,(H,21,22). The molecule has 1 aliphatic rings. The first-order chi connectivity index (χ1) is 10.6. The van der Waals surface area contributed by atoms with Gasteiger partial charge in [-0.1, -0.05) is 30.3 Å². The fourth-order valence-corrected chi connectivity index (χ4v) is 2.82. The number of anilines is 1. The van der Waals surface area contributed by atoms with Gasteiger partial charge >= 0.3 is 5.97 Å². The summed E-state index contributed by atoms with van der Waals surface area (Å²) in [5.74, 6) is 0.466. The number of aryl methyl sites for hydroxylation is 1. The zero-order valence-electron chi connectivity index (χ0n) is 12.6. The number of rotatable bonds is 3. The fraction of sp³-hybridized carbons (Fsp3) is 0.353.